The van der Waals surface area contributed by atoms with Crippen molar-refractivity contribution in [3.8, 4) is 5.75 Å². The van der Waals surface area contributed by atoms with E-state index in [9.17, 15) is 22.8 Å². The molecule has 0 bridgehead atoms. The maximum atomic E-state index is 12.6. The number of benzene rings is 1. The van der Waals surface area contributed by atoms with E-state index in [4.69, 9.17) is 16.3 Å². The summed E-state index contributed by atoms with van der Waals surface area (Å²) in [6.07, 6.45) is -4.73. The predicted octanol–water partition coefficient (Wildman–Crippen LogP) is 1.45. The van der Waals surface area contributed by atoms with Crippen molar-refractivity contribution >= 4 is 17.5 Å². The molecule has 0 unspecified atom stereocenters. The number of amides is 1. The summed E-state index contributed by atoms with van der Waals surface area (Å²) in [5, 5.41) is 6.18. The van der Waals surface area contributed by atoms with Gasteiger partial charge >= 0.3 is 11.9 Å². The van der Waals surface area contributed by atoms with Gasteiger partial charge in [-0.25, -0.2) is 9.48 Å². The Morgan fingerprint density at radius 3 is 2.52 bits per heavy atom. The molecule has 1 N–H and O–H groups in total. The van der Waals surface area contributed by atoms with Crippen molar-refractivity contribution in [3.63, 3.8) is 0 Å². The number of rotatable bonds is 6. The van der Waals surface area contributed by atoms with Crippen LogP contribution in [0.3, 0.4) is 0 Å². The lowest BCUT2D eigenvalue weighted by molar-refractivity contribution is -0.147. The van der Waals surface area contributed by atoms with E-state index >= 15 is 0 Å². The molecule has 25 heavy (non-hydrogen) atoms. The standard InChI is InChI=1S/C14H14ClF3N4O3/c1-21-12(14(16,17)18)20-22(13(21)24)7-6-19-11(23)8-25-10-4-2-9(15)3-5-10/h2-5H,6-8H2,1H3,(H,19,23). The van der Waals surface area contributed by atoms with Gasteiger partial charge in [0, 0.05) is 18.6 Å². The highest BCUT2D eigenvalue weighted by molar-refractivity contribution is 6.30. The Bertz CT molecular complexity index is 799. The summed E-state index contributed by atoms with van der Waals surface area (Å²) in [6, 6.07) is 6.37. The van der Waals surface area contributed by atoms with E-state index in [1.54, 1.807) is 24.3 Å². The highest BCUT2D eigenvalue weighted by Crippen LogP contribution is 2.25. The number of aromatic nitrogens is 3. The Hall–Kier alpha value is -2.49. The molecule has 7 nitrogen and oxygen atoms in total. The highest BCUT2D eigenvalue weighted by atomic mass is 35.5. The number of nitrogens with one attached hydrogen (secondary N) is 1. The second-order valence-electron chi connectivity index (χ2n) is 4.98. The Morgan fingerprint density at radius 1 is 1.32 bits per heavy atom. The van der Waals surface area contributed by atoms with Crippen LogP contribution in [0.5, 0.6) is 5.75 Å². The molecule has 1 aromatic carbocycles. The summed E-state index contributed by atoms with van der Waals surface area (Å²) in [5.74, 6) is -1.35. The quantitative estimate of drug-likeness (QED) is 0.825. The third-order valence-corrected chi connectivity index (χ3v) is 3.38. The molecule has 1 aromatic heterocycles. The zero-order valence-corrected chi connectivity index (χ0v) is 13.8. The van der Waals surface area contributed by atoms with Gasteiger partial charge in [0.15, 0.2) is 6.61 Å². The molecule has 1 heterocycles. The van der Waals surface area contributed by atoms with Gasteiger partial charge in [0.2, 0.25) is 5.82 Å². The van der Waals surface area contributed by atoms with Gasteiger partial charge in [0.1, 0.15) is 5.75 Å². The van der Waals surface area contributed by atoms with Crippen molar-refractivity contribution in [3.05, 3.63) is 45.6 Å². The minimum Gasteiger partial charge on any atom is -0.484 e. The number of carbonyl (C=O) groups excluding carboxylic acids is 1. The van der Waals surface area contributed by atoms with Gasteiger partial charge in [-0.3, -0.25) is 9.36 Å². The third-order valence-electron chi connectivity index (χ3n) is 3.12. The molecule has 1 amide bonds. The van der Waals surface area contributed by atoms with Crippen molar-refractivity contribution in [2.45, 2.75) is 12.7 Å². The van der Waals surface area contributed by atoms with Gasteiger partial charge in [-0.1, -0.05) is 11.6 Å². The van der Waals surface area contributed by atoms with Gasteiger partial charge in [0.05, 0.1) is 6.54 Å². The number of alkyl halides is 3. The van der Waals surface area contributed by atoms with Crippen LogP contribution in [0.15, 0.2) is 29.1 Å². The van der Waals surface area contributed by atoms with E-state index in [1.165, 1.54) is 0 Å². The molecule has 0 aliphatic heterocycles. The van der Waals surface area contributed by atoms with Crippen molar-refractivity contribution in [2.75, 3.05) is 13.2 Å². The second kappa shape index (κ2) is 7.60. The summed E-state index contributed by atoms with van der Waals surface area (Å²) < 4.78 is 44.2. The molecule has 2 aromatic rings. The van der Waals surface area contributed by atoms with Crippen LogP contribution in [0, 0.1) is 0 Å². The second-order valence-corrected chi connectivity index (χ2v) is 5.42. The van der Waals surface area contributed by atoms with E-state index in [1.807, 2.05) is 0 Å². The van der Waals surface area contributed by atoms with E-state index in [0.29, 0.717) is 20.0 Å². The first-order valence-corrected chi connectivity index (χ1v) is 7.42. The summed E-state index contributed by atoms with van der Waals surface area (Å²) in [7, 11) is 0.979. The fourth-order valence-electron chi connectivity index (χ4n) is 1.91. The number of halogens is 4. The molecule has 0 spiro atoms. The normalized spacial score (nSPS) is 11.4. The Labute approximate surface area is 145 Å². The highest BCUT2D eigenvalue weighted by Gasteiger charge is 2.37. The molecule has 0 atom stereocenters. The zero-order chi connectivity index (χ0) is 18.6. The van der Waals surface area contributed by atoms with Crippen LogP contribution >= 0.6 is 11.6 Å². The molecular weight excluding hydrogens is 365 g/mol. The SMILES string of the molecule is Cn1c(C(F)(F)F)nn(CCNC(=O)COc2ccc(Cl)cc2)c1=O. The van der Waals surface area contributed by atoms with Crippen LogP contribution in [0.25, 0.3) is 0 Å². The smallest absolute Gasteiger partial charge is 0.451 e. The molecule has 0 saturated carbocycles. The van der Waals surface area contributed by atoms with Gasteiger partial charge in [-0.05, 0) is 24.3 Å². The van der Waals surface area contributed by atoms with Gasteiger partial charge in [-0.15, -0.1) is 5.10 Å². The third kappa shape index (κ3) is 4.99. The lowest BCUT2D eigenvalue weighted by Gasteiger charge is -2.07. The molecule has 11 heteroatoms. The van der Waals surface area contributed by atoms with Crippen molar-refractivity contribution < 1.29 is 22.7 Å². The van der Waals surface area contributed by atoms with E-state index in [0.717, 1.165) is 7.05 Å². The average molecular weight is 379 g/mol. The van der Waals surface area contributed by atoms with Crippen molar-refractivity contribution in [2.24, 2.45) is 7.05 Å². The number of carbonyl (C=O) groups is 1. The van der Waals surface area contributed by atoms with E-state index in [-0.39, 0.29) is 19.7 Å². The fraction of sp³-hybridized carbons (Fsp3) is 0.357. The summed E-state index contributed by atoms with van der Waals surface area (Å²) >= 11 is 5.71. The minimum atomic E-state index is -4.73. The largest absolute Gasteiger partial charge is 0.484 e. The first-order chi connectivity index (χ1) is 11.7. The van der Waals surface area contributed by atoms with Crippen LogP contribution in [0.2, 0.25) is 5.02 Å². The molecule has 0 saturated heterocycles. The maximum absolute atomic E-state index is 12.6. The van der Waals surface area contributed by atoms with Gasteiger partial charge in [0.25, 0.3) is 5.91 Å². The van der Waals surface area contributed by atoms with E-state index < -0.39 is 23.6 Å². The number of ether oxygens (including phenoxy) is 1. The van der Waals surface area contributed by atoms with Gasteiger partial charge in [-0.2, -0.15) is 13.2 Å². The molecule has 0 aliphatic rings. The Balaban J connectivity index is 1.83. The summed E-state index contributed by atoms with van der Waals surface area (Å²) in [4.78, 5) is 23.3. The first kappa shape index (κ1) is 18.8. The summed E-state index contributed by atoms with van der Waals surface area (Å²) in [5.41, 5.74) is -0.918. The number of hydrogen-bond acceptors (Lipinski definition) is 4. The zero-order valence-electron chi connectivity index (χ0n) is 13.0. The van der Waals surface area contributed by atoms with Crippen molar-refractivity contribution in [1.82, 2.24) is 19.7 Å². The van der Waals surface area contributed by atoms with Crippen LogP contribution in [0.4, 0.5) is 13.2 Å². The van der Waals surface area contributed by atoms with Gasteiger partial charge < -0.3 is 10.1 Å². The molecule has 0 fully saturated rings. The maximum Gasteiger partial charge on any atom is 0.451 e. The van der Waals surface area contributed by atoms with Crippen LogP contribution in [0.1, 0.15) is 5.82 Å². The lowest BCUT2D eigenvalue weighted by atomic mass is 10.3. The Morgan fingerprint density at radius 2 is 1.96 bits per heavy atom. The topological polar surface area (TPSA) is 78.2 Å². The first-order valence-electron chi connectivity index (χ1n) is 7.04. The molecule has 2 rings (SSSR count). The average Bonchev–Trinajstić information content (AvgIpc) is 2.83. The Kier molecular flexibility index (Phi) is 5.73. The monoisotopic (exact) mass is 378 g/mol. The van der Waals surface area contributed by atoms with Crippen LogP contribution < -0.4 is 15.7 Å². The van der Waals surface area contributed by atoms with Crippen molar-refractivity contribution in [1.29, 1.82) is 0 Å². The van der Waals surface area contributed by atoms with Crippen LogP contribution in [-0.2, 0) is 24.6 Å². The van der Waals surface area contributed by atoms with Crippen LogP contribution in [-0.4, -0.2) is 33.4 Å². The predicted molar refractivity (Wildman–Crippen MR) is 82.4 cm³/mol. The molecule has 136 valence electrons. The van der Waals surface area contributed by atoms with E-state index in [2.05, 4.69) is 10.4 Å². The lowest BCUT2D eigenvalue weighted by Crippen LogP contribution is -2.34. The number of hydrogen-bond donors (Lipinski definition) is 1. The number of nitrogens with zero attached hydrogens (tertiary/aromatic N) is 3. The molecule has 0 radical (unpaired) electrons. The summed E-state index contributed by atoms with van der Waals surface area (Å²) in [6.45, 7) is -0.557. The molecular formula is C14H14ClF3N4O3. The fourth-order valence-corrected chi connectivity index (χ4v) is 2.04. The molecule has 0 aliphatic carbocycles. The minimum absolute atomic E-state index is 0.0724.